The van der Waals surface area contributed by atoms with Crippen LogP contribution in [0.1, 0.15) is 15.9 Å². The van der Waals surface area contributed by atoms with E-state index in [2.05, 4.69) is 31.9 Å². The summed E-state index contributed by atoms with van der Waals surface area (Å²) in [6, 6.07) is 11.7. The molecule has 0 fully saturated rings. The van der Waals surface area contributed by atoms with Crippen molar-refractivity contribution in [2.75, 3.05) is 0 Å². The first-order valence-electron chi connectivity index (χ1n) is 4.82. The number of hydrogen-bond acceptors (Lipinski definition) is 1. The van der Waals surface area contributed by atoms with E-state index < -0.39 is 0 Å². The van der Waals surface area contributed by atoms with Crippen LogP contribution >= 0.6 is 31.9 Å². The molecule has 0 saturated carbocycles. The molecule has 1 nitrogen and oxygen atoms in total. The average molecular weight is 338 g/mol. The largest absolute Gasteiger partial charge is 0.288 e. The third-order valence-corrected chi connectivity index (χ3v) is 4.09. The van der Waals surface area contributed by atoms with Crippen LogP contribution in [0, 0.1) is 0 Å². The van der Waals surface area contributed by atoms with Crippen LogP contribution in [0.2, 0.25) is 0 Å². The SMILES string of the molecule is O=C1c2c(Br)cccc2-c2cccc(Br)c21. The number of carbonyl (C=O) groups excluding carboxylic acids is 1. The molecule has 0 spiro atoms. The molecule has 0 radical (unpaired) electrons. The Balaban J connectivity index is 2.44. The normalized spacial score (nSPS) is 12.5. The third-order valence-electron chi connectivity index (χ3n) is 2.77. The summed E-state index contributed by atoms with van der Waals surface area (Å²) >= 11 is 6.87. The van der Waals surface area contributed by atoms with Gasteiger partial charge in [-0.15, -0.1) is 0 Å². The maximum Gasteiger partial charge on any atom is 0.196 e. The van der Waals surface area contributed by atoms with Gasteiger partial charge in [-0.05, 0) is 23.3 Å². The van der Waals surface area contributed by atoms with E-state index in [1.54, 1.807) is 0 Å². The Morgan fingerprint density at radius 3 is 1.62 bits per heavy atom. The highest BCUT2D eigenvalue weighted by Gasteiger charge is 2.29. The molecule has 3 rings (SSSR count). The van der Waals surface area contributed by atoms with Crippen LogP contribution in [-0.4, -0.2) is 5.78 Å². The molecule has 0 unspecified atom stereocenters. The Kier molecular flexibility index (Phi) is 2.26. The monoisotopic (exact) mass is 336 g/mol. The number of fused-ring (bicyclic) bond motifs is 3. The van der Waals surface area contributed by atoms with E-state index in [0.29, 0.717) is 0 Å². The van der Waals surface area contributed by atoms with Gasteiger partial charge in [-0.2, -0.15) is 0 Å². The quantitative estimate of drug-likeness (QED) is 0.593. The second-order valence-corrected chi connectivity index (χ2v) is 5.36. The molecule has 0 atom stereocenters. The van der Waals surface area contributed by atoms with Gasteiger partial charge in [-0.1, -0.05) is 56.1 Å². The van der Waals surface area contributed by atoms with Gasteiger partial charge in [0.1, 0.15) is 0 Å². The lowest BCUT2D eigenvalue weighted by atomic mass is 10.1. The van der Waals surface area contributed by atoms with Crippen molar-refractivity contribution in [3.05, 3.63) is 56.5 Å². The summed E-state index contributed by atoms with van der Waals surface area (Å²) in [4.78, 5) is 12.3. The standard InChI is InChI=1S/C13H6Br2O/c14-9-5-1-3-7-8-4-2-6-10(15)12(8)13(16)11(7)9/h1-6H. The van der Waals surface area contributed by atoms with Gasteiger partial charge in [-0.3, -0.25) is 4.79 Å². The summed E-state index contributed by atoms with van der Waals surface area (Å²) in [5, 5.41) is 0. The Labute approximate surface area is 110 Å². The van der Waals surface area contributed by atoms with Crippen molar-refractivity contribution >= 4 is 37.6 Å². The summed E-state index contributed by atoms with van der Waals surface area (Å²) in [5.41, 5.74) is 3.56. The summed E-state index contributed by atoms with van der Waals surface area (Å²) < 4.78 is 1.72. The second kappa shape index (κ2) is 3.54. The highest BCUT2D eigenvalue weighted by atomic mass is 79.9. The molecule has 0 saturated heterocycles. The van der Waals surface area contributed by atoms with Crippen LogP contribution in [0.15, 0.2) is 45.3 Å². The average Bonchev–Trinajstić information content (AvgIpc) is 2.56. The van der Waals surface area contributed by atoms with Crippen LogP contribution in [-0.2, 0) is 0 Å². The zero-order chi connectivity index (χ0) is 11.3. The molecule has 0 bridgehead atoms. The molecule has 78 valence electrons. The molecule has 3 heteroatoms. The minimum absolute atomic E-state index is 0.0879. The smallest absolute Gasteiger partial charge is 0.196 e. The van der Waals surface area contributed by atoms with Crippen molar-refractivity contribution in [1.82, 2.24) is 0 Å². The molecule has 2 aromatic carbocycles. The topological polar surface area (TPSA) is 17.1 Å². The van der Waals surface area contributed by atoms with Gasteiger partial charge >= 0.3 is 0 Å². The number of carbonyl (C=O) groups is 1. The summed E-state index contributed by atoms with van der Waals surface area (Å²) in [5.74, 6) is 0.0879. The molecular formula is C13H6Br2O. The Bertz CT molecular complexity index is 564. The van der Waals surface area contributed by atoms with E-state index in [1.165, 1.54) is 0 Å². The maximum absolute atomic E-state index is 12.3. The predicted octanol–water partition coefficient (Wildman–Crippen LogP) is 4.42. The number of rotatable bonds is 0. The van der Waals surface area contributed by atoms with Gasteiger partial charge in [0.25, 0.3) is 0 Å². The lowest BCUT2D eigenvalue weighted by Gasteiger charge is -2.00. The van der Waals surface area contributed by atoms with E-state index in [0.717, 1.165) is 31.2 Å². The molecule has 2 aromatic rings. The molecule has 1 aliphatic rings. The number of halogens is 2. The molecule has 0 N–H and O–H groups in total. The molecule has 1 aliphatic carbocycles. The first-order valence-corrected chi connectivity index (χ1v) is 6.41. The van der Waals surface area contributed by atoms with Crippen LogP contribution in [0.3, 0.4) is 0 Å². The fourth-order valence-corrected chi connectivity index (χ4v) is 3.18. The second-order valence-electron chi connectivity index (χ2n) is 3.65. The van der Waals surface area contributed by atoms with Crippen LogP contribution in [0.5, 0.6) is 0 Å². The van der Waals surface area contributed by atoms with E-state index >= 15 is 0 Å². The van der Waals surface area contributed by atoms with E-state index in [4.69, 9.17) is 0 Å². The van der Waals surface area contributed by atoms with Crippen molar-refractivity contribution in [2.24, 2.45) is 0 Å². The molecule has 0 amide bonds. The fraction of sp³-hybridized carbons (Fsp3) is 0. The molecular weight excluding hydrogens is 332 g/mol. The van der Waals surface area contributed by atoms with Crippen molar-refractivity contribution < 1.29 is 4.79 Å². The van der Waals surface area contributed by atoms with E-state index in [-0.39, 0.29) is 5.78 Å². The fourth-order valence-electron chi connectivity index (χ4n) is 2.08. The minimum Gasteiger partial charge on any atom is -0.288 e. The Morgan fingerprint density at radius 1 is 0.750 bits per heavy atom. The van der Waals surface area contributed by atoms with Gasteiger partial charge in [0.2, 0.25) is 0 Å². The minimum atomic E-state index is 0.0879. The number of hydrogen-bond donors (Lipinski definition) is 0. The highest BCUT2D eigenvalue weighted by molar-refractivity contribution is 9.11. The van der Waals surface area contributed by atoms with Crippen LogP contribution in [0.4, 0.5) is 0 Å². The molecule has 16 heavy (non-hydrogen) atoms. The molecule has 0 aromatic heterocycles. The first kappa shape index (κ1) is 10.2. The maximum atomic E-state index is 12.3. The Morgan fingerprint density at radius 2 is 1.19 bits per heavy atom. The first-order chi connectivity index (χ1) is 7.70. The highest BCUT2D eigenvalue weighted by Crippen LogP contribution is 2.42. The summed E-state index contributed by atoms with van der Waals surface area (Å²) in [6.45, 7) is 0. The zero-order valence-electron chi connectivity index (χ0n) is 8.13. The summed E-state index contributed by atoms with van der Waals surface area (Å²) in [6.07, 6.45) is 0. The number of benzene rings is 2. The lowest BCUT2D eigenvalue weighted by molar-refractivity contribution is 0.104. The van der Waals surface area contributed by atoms with Crippen molar-refractivity contribution in [1.29, 1.82) is 0 Å². The van der Waals surface area contributed by atoms with Gasteiger partial charge < -0.3 is 0 Å². The number of ketones is 1. The van der Waals surface area contributed by atoms with Crippen molar-refractivity contribution in [3.8, 4) is 11.1 Å². The van der Waals surface area contributed by atoms with Crippen LogP contribution < -0.4 is 0 Å². The Hall–Kier alpha value is -0.930. The van der Waals surface area contributed by atoms with Crippen molar-refractivity contribution in [2.45, 2.75) is 0 Å². The summed E-state index contributed by atoms with van der Waals surface area (Å²) in [7, 11) is 0. The van der Waals surface area contributed by atoms with Gasteiger partial charge in [-0.25, -0.2) is 0 Å². The predicted molar refractivity (Wildman–Crippen MR) is 70.7 cm³/mol. The van der Waals surface area contributed by atoms with Gasteiger partial charge in [0, 0.05) is 20.1 Å². The van der Waals surface area contributed by atoms with Gasteiger partial charge in [0.05, 0.1) is 0 Å². The van der Waals surface area contributed by atoms with E-state index in [1.807, 2.05) is 36.4 Å². The third kappa shape index (κ3) is 1.25. The zero-order valence-corrected chi connectivity index (χ0v) is 11.3. The molecule has 0 aliphatic heterocycles. The molecule has 0 heterocycles. The lowest BCUT2D eigenvalue weighted by Crippen LogP contribution is -1.97. The van der Waals surface area contributed by atoms with Crippen molar-refractivity contribution in [3.63, 3.8) is 0 Å². The van der Waals surface area contributed by atoms with E-state index in [9.17, 15) is 4.79 Å². The van der Waals surface area contributed by atoms with Gasteiger partial charge in [0.15, 0.2) is 5.78 Å². The van der Waals surface area contributed by atoms with Crippen LogP contribution in [0.25, 0.3) is 11.1 Å².